The summed E-state index contributed by atoms with van der Waals surface area (Å²) in [5.41, 5.74) is -13.1. The minimum Gasteiger partial charge on any atom is -0.223 e. The lowest BCUT2D eigenvalue weighted by Crippen LogP contribution is -2.81. The Balaban J connectivity index is 0.000000544. The zero-order valence-electron chi connectivity index (χ0n) is 27.1. The molecule has 0 N–H and O–H groups in total. The number of nitrogens with zero attached hydrogens (tertiary/aromatic N) is 1. The van der Waals surface area contributed by atoms with E-state index in [1.165, 1.54) is 5.56 Å². The molecule has 300 valence electrons. The van der Waals surface area contributed by atoms with Crippen molar-refractivity contribution >= 4 is 39.8 Å². The number of hydrogen-bond acceptors (Lipinski definition) is 0. The highest BCUT2D eigenvalue weighted by atomic mass is 35.5. The molecule has 1 nitrogen and oxygen atoms in total. The largest absolute Gasteiger partial charge is 0.223 e. The molecule has 0 radical (unpaired) electrons. The lowest BCUT2D eigenvalue weighted by Gasteiger charge is -2.44. The van der Waals surface area contributed by atoms with Crippen molar-refractivity contribution in [3.8, 4) is 0 Å². The number of rotatable bonds is 6. The molecule has 0 heterocycles. The number of quaternary nitrogens is 1. The van der Waals surface area contributed by atoms with Gasteiger partial charge in [0.05, 0.1) is 14.1 Å². The second-order valence-electron chi connectivity index (χ2n) is 12.0. The van der Waals surface area contributed by atoms with Gasteiger partial charge in [-0.2, -0.15) is 0 Å². The fourth-order valence-corrected chi connectivity index (χ4v) is 6.03. The van der Waals surface area contributed by atoms with E-state index in [9.17, 15) is 52.7 Å². The Kier molecular flexibility index (Phi) is 12.1. The molecule has 0 bridgehead atoms. The SMILES string of the molecule is C[N+](C)(Cl)Cc1ccccc1.Fc1c(F)c(F)c([B-](c2c(F)c(F)c(F)c(F)c2F)(c2c(F)c(F)c(F)c(F)c2F)c2c(F)c(F)c(F)c(F)c2F)c(F)c1F. The Morgan fingerprint density at radius 2 is 0.518 bits per heavy atom. The Labute approximate surface area is 304 Å². The summed E-state index contributed by atoms with van der Waals surface area (Å²) in [7, 11) is 3.93. The third kappa shape index (κ3) is 6.90. The first-order valence-corrected chi connectivity index (χ1v) is 14.9. The van der Waals surface area contributed by atoms with Gasteiger partial charge in [-0.15, -0.1) is 21.9 Å². The lowest BCUT2D eigenvalue weighted by atomic mass is 9.12. The summed E-state index contributed by atoms with van der Waals surface area (Å²) in [6.45, 7) is 0.863. The summed E-state index contributed by atoms with van der Waals surface area (Å²) < 4.78 is 294. The fraction of sp³-hybridized carbons (Fsp3) is 0.0909. The molecule has 0 aliphatic carbocycles. The van der Waals surface area contributed by atoms with E-state index in [0.29, 0.717) is 4.00 Å². The van der Waals surface area contributed by atoms with Gasteiger partial charge in [0.1, 0.15) is 59.2 Å². The van der Waals surface area contributed by atoms with Crippen molar-refractivity contribution in [2.75, 3.05) is 14.1 Å². The van der Waals surface area contributed by atoms with Gasteiger partial charge < -0.3 is 0 Å². The highest BCUT2D eigenvalue weighted by Crippen LogP contribution is 2.30. The molecular formula is C33H13BClF20N. The number of benzene rings is 5. The zero-order chi connectivity index (χ0) is 42.7. The van der Waals surface area contributed by atoms with Crippen LogP contribution in [-0.2, 0) is 6.54 Å². The van der Waals surface area contributed by atoms with Gasteiger partial charge in [0.25, 0.3) is 0 Å². The molecule has 0 saturated carbocycles. The summed E-state index contributed by atoms with van der Waals surface area (Å²) in [6, 6.07) is 10.2. The summed E-state index contributed by atoms with van der Waals surface area (Å²) in [4.78, 5) is 0. The normalized spacial score (nSPS) is 11.9. The maximum Gasteiger partial charge on any atom is 0.200 e. The van der Waals surface area contributed by atoms with E-state index in [4.69, 9.17) is 11.8 Å². The minimum absolute atomic E-state index is 0.462. The first kappa shape index (κ1) is 43.7. The Bertz CT molecular complexity index is 2000. The van der Waals surface area contributed by atoms with Crippen molar-refractivity contribution < 1.29 is 91.8 Å². The van der Waals surface area contributed by atoms with Gasteiger partial charge in [-0.3, -0.25) is 0 Å². The monoisotopic (exact) mass is 849 g/mol. The average molecular weight is 850 g/mol. The van der Waals surface area contributed by atoms with Crippen molar-refractivity contribution in [2.45, 2.75) is 6.54 Å². The van der Waals surface area contributed by atoms with Crippen LogP contribution in [0.3, 0.4) is 0 Å². The molecule has 0 saturated heterocycles. The molecular weight excluding hydrogens is 837 g/mol. The van der Waals surface area contributed by atoms with Crippen molar-refractivity contribution in [2.24, 2.45) is 0 Å². The number of hydrogen-bond donors (Lipinski definition) is 0. The topological polar surface area (TPSA) is 0 Å². The van der Waals surface area contributed by atoms with Crippen LogP contribution in [0.5, 0.6) is 0 Å². The van der Waals surface area contributed by atoms with Crippen LogP contribution >= 0.6 is 11.8 Å². The molecule has 5 rings (SSSR count). The predicted octanol–water partition coefficient (Wildman–Crippen LogP) is 8.26. The first-order valence-electron chi connectivity index (χ1n) is 14.6. The molecule has 5 aromatic carbocycles. The standard InChI is InChI=1S/C24BF20.C9H13ClN/c26-5-1(6(27)14(35)21(42)13(5)34)25(2-7(28)15(36)22(43)16(37)8(2)29,3-9(30)17(38)23(44)18(39)10(3)31)4-11(32)19(40)24(45)20(41)12(4)33;1-11(2,10)8-9-6-4-3-5-7-9/h;3-7H,8H2,1-2H3/q-1;+1. The molecule has 0 fully saturated rings. The van der Waals surface area contributed by atoms with E-state index in [0.717, 1.165) is 6.54 Å². The fourth-order valence-electron chi connectivity index (χ4n) is 5.89. The molecule has 0 atom stereocenters. The van der Waals surface area contributed by atoms with E-state index >= 15 is 35.1 Å². The predicted molar refractivity (Wildman–Crippen MR) is 157 cm³/mol. The second kappa shape index (κ2) is 15.5. The molecule has 0 unspecified atom stereocenters. The van der Waals surface area contributed by atoms with Gasteiger partial charge in [-0.1, -0.05) is 30.3 Å². The Hall–Kier alpha value is -4.99. The maximum atomic E-state index is 15.4. The minimum atomic E-state index is -7.22. The summed E-state index contributed by atoms with van der Waals surface area (Å²) in [5.74, 6) is -71.4. The van der Waals surface area contributed by atoms with Crippen LogP contribution < -0.4 is 21.9 Å². The van der Waals surface area contributed by atoms with Gasteiger partial charge in [-0.05, 0) is 0 Å². The van der Waals surface area contributed by atoms with Crippen LogP contribution in [0.1, 0.15) is 5.56 Å². The van der Waals surface area contributed by atoms with E-state index in [2.05, 4.69) is 12.1 Å². The molecule has 5 aromatic rings. The van der Waals surface area contributed by atoms with E-state index < -0.39 is 144 Å². The summed E-state index contributed by atoms with van der Waals surface area (Å²) in [6.07, 6.45) is -7.22. The molecule has 0 aromatic heterocycles. The van der Waals surface area contributed by atoms with Crippen LogP contribution in [-0.4, -0.2) is 24.2 Å². The van der Waals surface area contributed by atoms with Crippen LogP contribution in [0.25, 0.3) is 0 Å². The van der Waals surface area contributed by atoms with Gasteiger partial charge >= 0.3 is 0 Å². The molecule has 23 heteroatoms. The third-order valence-electron chi connectivity index (χ3n) is 8.11. The van der Waals surface area contributed by atoms with E-state index in [-0.39, 0.29) is 0 Å². The maximum absolute atomic E-state index is 15.4. The second-order valence-corrected chi connectivity index (χ2v) is 12.9. The molecule has 0 aliphatic heterocycles. The zero-order valence-corrected chi connectivity index (χ0v) is 27.8. The van der Waals surface area contributed by atoms with Crippen LogP contribution in [0.4, 0.5) is 87.8 Å². The Morgan fingerprint density at radius 3 is 0.696 bits per heavy atom. The Morgan fingerprint density at radius 1 is 0.339 bits per heavy atom. The van der Waals surface area contributed by atoms with Gasteiger partial charge in [0, 0.05) is 5.56 Å². The quantitative estimate of drug-likeness (QED) is 0.0532. The van der Waals surface area contributed by atoms with Gasteiger partial charge in [-0.25, -0.2) is 91.8 Å². The summed E-state index contributed by atoms with van der Waals surface area (Å²) >= 11 is 6.01. The van der Waals surface area contributed by atoms with E-state index in [1.807, 2.05) is 32.3 Å². The highest BCUT2D eigenvalue weighted by Gasteiger charge is 2.52. The van der Waals surface area contributed by atoms with Gasteiger partial charge in [0.15, 0.2) is 81.6 Å². The van der Waals surface area contributed by atoms with E-state index in [1.54, 1.807) is 0 Å². The smallest absolute Gasteiger partial charge is 0.200 e. The first-order chi connectivity index (χ1) is 25.8. The summed E-state index contributed by atoms with van der Waals surface area (Å²) in [5, 5.41) is 0. The van der Waals surface area contributed by atoms with Crippen molar-refractivity contribution in [3.63, 3.8) is 0 Å². The lowest BCUT2D eigenvalue weighted by molar-refractivity contribution is -0.786. The van der Waals surface area contributed by atoms with Gasteiger partial charge in [0.2, 0.25) is 0 Å². The highest BCUT2D eigenvalue weighted by molar-refractivity contribution is 7.20. The van der Waals surface area contributed by atoms with Crippen molar-refractivity contribution in [1.29, 1.82) is 0 Å². The molecule has 0 amide bonds. The average Bonchev–Trinajstić information content (AvgIpc) is 3.14. The number of halogens is 21. The molecule has 0 aliphatic rings. The van der Waals surface area contributed by atoms with Crippen molar-refractivity contribution in [1.82, 2.24) is 0 Å². The van der Waals surface area contributed by atoms with Crippen molar-refractivity contribution in [3.05, 3.63) is 152 Å². The van der Waals surface area contributed by atoms with Crippen LogP contribution in [0.2, 0.25) is 0 Å². The van der Waals surface area contributed by atoms with Crippen LogP contribution in [0, 0.1) is 116 Å². The van der Waals surface area contributed by atoms with Crippen LogP contribution in [0.15, 0.2) is 30.3 Å². The molecule has 0 spiro atoms. The molecule has 56 heavy (non-hydrogen) atoms. The third-order valence-corrected chi connectivity index (χ3v) is 8.23.